The molecule has 1 heteroatoms. The fourth-order valence-corrected chi connectivity index (χ4v) is 4.80. The Kier molecular flexibility index (Phi) is 8.94. The van der Waals surface area contributed by atoms with Gasteiger partial charge in [-0.3, -0.25) is 0 Å². The van der Waals surface area contributed by atoms with Crippen molar-refractivity contribution in [1.29, 1.82) is 0 Å². The van der Waals surface area contributed by atoms with Crippen LogP contribution in [0.15, 0.2) is 140 Å². The average molecular weight is 484 g/mol. The lowest BCUT2D eigenvalue weighted by atomic mass is 9.89. The van der Waals surface area contributed by atoms with Crippen LogP contribution in [-0.4, -0.2) is 6.04 Å². The summed E-state index contributed by atoms with van der Waals surface area (Å²) in [7, 11) is 0. The highest BCUT2D eigenvalue weighted by Crippen LogP contribution is 2.35. The lowest BCUT2D eigenvalue weighted by Gasteiger charge is -2.37. The number of nitrogens with zero attached hydrogens (tertiary/aromatic N) is 1. The molecule has 37 heavy (non-hydrogen) atoms. The van der Waals surface area contributed by atoms with Gasteiger partial charge in [-0.25, -0.2) is 0 Å². The maximum Gasteiger partial charge on any atom is 0.0631 e. The van der Waals surface area contributed by atoms with Gasteiger partial charge in [0.1, 0.15) is 0 Å². The van der Waals surface area contributed by atoms with E-state index in [-0.39, 0.29) is 6.04 Å². The van der Waals surface area contributed by atoms with E-state index in [1.807, 2.05) is 6.08 Å². The molecule has 0 saturated carbocycles. The highest BCUT2D eigenvalue weighted by molar-refractivity contribution is 5.78. The zero-order valence-corrected chi connectivity index (χ0v) is 22.1. The number of anilines is 1. The summed E-state index contributed by atoms with van der Waals surface area (Å²) in [5.41, 5.74) is 9.79. The highest BCUT2D eigenvalue weighted by Gasteiger charge is 2.26. The minimum Gasteiger partial charge on any atom is -0.334 e. The fourth-order valence-electron chi connectivity index (χ4n) is 4.80. The Bertz CT molecular complexity index is 1320. The monoisotopic (exact) mass is 483 g/mol. The molecule has 0 fully saturated rings. The molecule has 0 aromatic heterocycles. The van der Waals surface area contributed by atoms with E-state index in [0.717, 1.165) is 30.4 Å². The summed E-state index contributed by atoms with van der Waals surface area (Å²) in [5, 5.41) is 0. The molecule has 186 valence electrons. The van der Waals surface area contributed by atoms with Gasteiger partial charge in [0.25, 0.3) is 0 Å². The molecule has 1 atom stereocenters. The van der Waals surface area contributed by atoms with Gasteiger partial charge in [0.2, 0.25) is 0 Å². The SMILES string of the molecule is C=CCC(=C)c1ccc(N(C(/C=C\Cc2ccccc2)=C/C)C2CC=CC=C2c2ccc(C)cc2)cc1. The quantitative estimate of drug-likeness (QED) is 0.205. The lowest BCUT2D eigenvalue weighted by molar-refractivity contribution is 0.777. The van der Waals surface area contributed by atoms with Crippen LogP contribution in [0.25, 0.3) is 11.1 Å². The molecule has 0 bridgehead atoms. The van der Waals surface area contributed by atoms with Crippen molar-refractivity contribution in [3.63, 3.8) is 0 Å². The summed E-state index contributed by atoms with van der Waals surface area (Å²) < 4.78 is 0. The first-order valence-electron chi connectivity index (χ1n) is 13.1. The van der Waals surface area contributed by atoms with E-state index in [0.29, 0.717) is 0 Å². The zero-order valence-electron chi connectivity index (χ0n) is 22.1. The fraction of sp³-hybridized carbons (Fsp3) is 0.167. The van der Waals surface area contributed by atoms with Crippen LogP contribution < -0.4 is 4.90 Å². The lowest BCUT2D eigenvalue weighted by Crippen LogP contribution is -2.35. The average Bonchev–Trinajstić information content (AvgIpc) is 2.94. The van der Waals surface area contributed by atoms with Gasteiger partial charge < -0.3 is 4.90 Å². The Labute approximate surface area is 223 Å². The second kappa shape index (κ2) is 12.7. The molecule has 0 spiro atoms. The Morgan fingerprint density at radius 2 is 1.70 bits per heavy atom. The topological polar surface area (TPSA) is 3.24 Å². The molecular weight excluding hydrogens is 446 g/mol. The molecule has 4 rings (SSSR count). The Morgan fingerprint density at radius 1 is 0.973 bits per heavy atom. The molecule has 1 aliphatic carbocycles. The van der Waals surface area contributed by atoms with E-state index in [1.54, 1.807) is 0 Å². The van der Waals surface area contributed by atoms with Crippen LogP contribution in [0.4, 0.5) is 5.69 Å². The Morgan fingerprint density at radius 3 is 2.38 bits per heavy atom. The third kappa shape index (κ3) is 6.57. The van der Waals surface area contributed by atoms with Gasteiger partial charge in [-0.2, -0.15) is 0 Å². The van der Waals surface area contributed by atoms with Crippen molar-refractivity contribution in [2.45, 2.75) is 39.2 Å². The van der Waals surface area contributed by atoms with Gasteiger partial charge >= 0.3 is 0 Å². The minimum atomic E-state index is 0.183. The molecule has 3 aromatic rings. The van der Waals surface area contributed by atoms with Crippen LogP contribution in [0.2, 0.25) is 0 Å². The molecule has 0 radical (unpaired) electrons. The van der Waals surface area contributed by atoms with Crippen LogP contribution in [0.5, 0.6) is 0 Å². The van der Waals surface area contributed by atoms with Crippen LogP contribution in [0.3, 0.4) is 0 Å². The van der Waals surface area contributed by atoms with E-state index in [2.05, 4.69) is 147 Å². The number of rotatable bonds is 10. The van der Waals surface area contributed by atoms with Crippen molar-refractivity contribution in [2.75, 3.05) is 4.90 Å². The predicted molar refractivity (Wildman–Crippen MR) is 163 cm³/mol. The van der Waals surface area contributed by atoms with Crippen LogP contribution in [0.1, 0.15) is 42.0 Å². The largest absolute Gasteiger partial charge is 0.334 e. The first-order chi connectivity index (χ1) is 18.1. The van der Waals surface area contributed by atoms with Crippen molar-refractivity contribution in [2.24, 2.45) is 0 Å². The molecule has 0 aliphatic heterocycles. The normalized spacial score (nSPS) is 15.5. The van der Waals surface area contributed by atoms with Crippen LogP contribution >= 0.6 is 0 Å². The van der Waals surface area contributed by atoms with Gasteiger partial charge in [-0.05, 0) is 79.2 Å². The first-order valence-corrected chi connectivity index (χ1v) is 13.1. The number of allylic oxidation sites excluding steroid dienone is 7. The Balaban J connectivity index is 1.72. The predicted octanol–water partition coefficient (Wildman–Crippen LogP) is 9.51. The van der Waals surface area contributed by atoms with E-state index in [4.69, 9.17) is 0 Å². The second-order valence-corrected chi connectivity index (χ2v) is 9.49. The number of hydrogen-bond donors (Lipinski definition) is 0. The summed E-state index contributed by atoms with van der Waals surface area (Å²) in [4.78, 5) is 2.48. The second-order valence-electron chi connectivity index (χ2n) is 9.49. The molecule has 0 N–H and O–H groups in total. The molecule has 3 aromatic carbocycles. The molecule has 1 aliphatic rings. The van der Waals surface area contributed by atoms with Crippen molar-refractivity contribution < 1.29 is 0 Å². The van der Waals surface area contributed by atoms with E-state index >= 15 is 0 Å². The standard InChI is InChI=1S/C36H37N/c1-5-13-29(4)31-24-26-34(27-25-31)37(33(6-2)17-12-16-30-14-8-7-9-15-30)36-19-11-10-18-35(36)32-22-20-28(3)21-23-32/h5-12,14-15,17-18,20-27,36H,1,4,13,16,19H2,2-3H3/b17-12-,33-6+. The third-order valence-electron chi connectivity index (χ3n) is 6.83. The van der Waals surface area contributed by atoms with Gasteiger partial charge in [-0.1, -0.05) is 115 Å². The maximum atomic E-state index is 4.23. The van der Waals surface area contributed by atoms with Crippen molar-refractivity contribution in [3.05, 3.63) is 163 Å². The van der Waals surface area contributed by atoms with Crippen LogP contribution in [0, 0.1) is 6.92 Å². The molecule has 0 saturated heterocycles. The summed E-state index contributed by atoms with van der Waals surface area (Å²) in [6.45, 7) is 12.4. The number of aryl methyl sites for hydroxylation is 1. The number of benzene rings is 3. The minimum absolute atomic E-state index is 0.183. The highest BCUT2D eigenvalue weighted by atomic mass is 15.2. The van der Waals surface area contributed by atoms with Crippen molar-refractivity contribution >= 4 is 16.8 Å². The maximum absolute atomic E-state index is 4.23. The molecule has 1 unspecified atom stereocenters. The van der Waals surface area contributed by atoms with Crippen LogP contribution in [-0.2, 0) is 6.42 Å². The summed E-state index contributed by atoms with van der Waals surface area (Å²) in [6, 6.07) is 28.5. The number of hydrogen-bond acceptors (Lipinski definition) is 1. The molecule has 0 amide bonds. The molecular formula is C36H37N. The first kappa shape index (κ1) is 26.0. The Hall–Kier alpha value is -4.10. The summed E-state index contributed by atoms with van der Waals surface area (Å²) >= 11 is 0. The van der Waals surface area contributed by atoms with Crippen molar-refractivity contribution in [1.82, 2.24) is 0 Å². The van der Waals surface area contributed by atoms with E-state index in [1.165, 1.54) is 33.6 Å². The van der Waals surface area contributed by atoms with Gasteiger partial charge in [0.15, 0.2) is 0 Å². The van der Waals surface area contributed by atoms with E-state index in [9.17, 15) is 0 Å². The van der Waals surface area contributed by atoms with Gasteiger partial charge in [0.05, 0.1) is 6.04 Å². The summed E-state index contributed by atoms with van der Waals surface area (Å²) in [6.07, 6.45) is 18.0. The van der Waals surface area contributed by atoms with Crippen molar-refractivity contribution in [3.8, 4) is 0 Å². The van der Waals surface area contributed by atoms with E-state index < -0.39 is 0 Å². The smallest absolute Gasteiger partial charge is 0.0631 e. The molecule has 0 heterocycles. The summed E-state index contributed by atoms with van der Waals surface area (Å²) in [5.74, 6) is 0. The van der Waals surface area contributed by atoms with Gasteiger partial charge in [0, 0.05) is 11.4 Å². The third-order valence-corrected chi connectivity index (χ3v) is 6.83. The van der Waals surface area contributed by atoms with Gasteiger partial charge in [-0.15, -0.1) is 6.58 Å². The molecule has 1 nitrogen and oxygen atoms in total. The zero-order chi connectivity index (χ0) is 26.0.